The molecule has 12 aromatic carbocycles. The molecular formula is C81H63BN2O. The molecule has 3 heterocycles. The van der Waals surface area contributed by atoms with E-state index in [0.717, 1.165) is 44.5 Å². The lowest BCUT2D eigenvalue weighted by Gasteiger charge is -2.43. The average Bonchev–Trinajstić information content (AvgIpc) is 1.65. The number of benzene rings is 12. The Bertz CT molecular complexity index is 5680. The predicted molar refractivity (Wildman–Crippen MR) is 358 cm³/mol. The van der Waals surface area contributed by atoms with E-state index in [1.54, 1.807) is 24.3 Å². The summed E-state index contributed by atoms with van der Waals surface area (Å²) in [5.41, 5.74) is 8.77. The van der Waals surface area contributed by atoms with Crippen LogP contribution in [0.4, 0.5) is 17.1 Å². The molecule has 85 heavy (non-hydrogen) atoms. The molecule has 3 aliphatic rings. The Balaban J connectivity index is 1.06. The molecule has 0 saturated heterocycles. The summed E-state index contributed by atoms with van der Waals surface area (Å²) in [5.74, 6) is 1.01. The van der Waals surface area contributed by atoms with Crippen LogP contribution in [0, 0.1) is 0 Å². The van der Waals surface area contributed by atoms with Crippen molar-refractivity contribution in [3.63, 3.8) is 0 Å². The molecule has 0 bridgehead atoms. The van der Waals surface area contributed by atoms with Crippen LogP contribution in [0.2, 0.25) is 0 Å². The minimum atomic E-state index is -2.18. The molecule has 0 N–H and O–H groups in total. The van der Waals surface area contributed by atoms with Gasteiger partial charge in [0.05, 0.1) is 46.8 Å². The molecule has 0 saturated carbocycles. The van der Waals surface area contributed by atoms with E-state index in [0.29, 0.717) is 72.9 Å². The van der Waals surface area contributed by atoms with E-state index in [2.05, 4.69) is 95.0 Å². The standard InChI is InChI=1S/C81H63BN2O/c1-79(2,3)57-47-65(52-26-11-7-12-27-52)78(66(48-57)53-28-13-8-14-29-53)84-72-51-59(83-70-40-23-20-35-62(70)63-36-21-24-41-71(63)83)43-44-68(72)82-69-46-54(42-45-74(69)85-75-50-58(80(4,5)6)49-73(84)77(75)82)60-37-25-38-64-61-34-19-22-39-67(61)81(76(60)64,55-30-15-9-16-31-55)56-32-17-10-18-33-56/h7-51H,1-6H3/i9D,10D,15D,16D,17D,18D,20D,21D,23D,24D,30D,31D,32D,33D,35D,36D,40D,41D. The number of hydrogen-bond donors (Lipinski definition) is 0. The summed E-state index contributed by atoms with van der Waals surface area (Å²) in [6.45, 7) is 12.2. The fourth-order valence-corrected chi connectivity index (χ4v) is 13.5. The van der Waals surface area contributed by atoms with Gasteiger partial charge in [0.25, 0.3) is 6.71 Å². The van der Waals surface area contributed by atoms with Crippen molar-refractivity contribution >= 4 is 62.0 Å². The fraction of sp³-hybridized carbons (Fsp3) is 0.111. The first kappa shape index (κ1) is 35.3. The minimum absolute atomic E-state index is 0.0561. The van der Waals surface area contributed by atoms with Crippen LogP contribution in [0.1, 0.15) is 99.6 Å². The number of aromatic nitrogens is 1. The van der Waals surface area contributed by atoms with Gasteiger partial charge < -0.3 is 14.2 Å². The SMILES string of the molecule is [2H]c1c([2H])c([2H])c(C2(c3c([2H])c([2H])c([2H])c([2H])c3[2H])c3ccccc3-c3cccc(-c4ccc5c(c4)B4c6ccc(-n7c8c([2H])c([2H])c([2H])c([2H])c8c8c([2H])c([2H])c([2H])c([2H])c87)cc6N(c6c(-c7ccccc7)cc(C(C)(C)C)cc6-c6ccccc6)c6cc(C(C)(C)C)cc(c64)O5)c32)c([2H])c1[2H]. The van der Waals surface area contributed by atoms with E-state index in [1.165, 1.54) is 4.57 Å². The summed E-state index contributed by atoms with van der Waals surface area (Å²) >= 11 is 0. The minimum Gasteiger partial charge on any atom is -0.458 e. The lowest BCUT2D eigenvalue weighted by atomic mass is 9.34. The van der Waals surface area contributed by atoms with Crippen molar-refractivity contribution in [2.75, 3.05) is 4.90 Å². The quantitative estimate of drug-likeness (QED) is 0.148. The third-order valence-corrected chi connectivity index (χ3v) is 17.4. The Labute approximate surface area is 524 Å². The molecule has 0 spiro atoms. The molecule has 1 aliphatic carbocycles. The van der Waals surface area contributed by atoms with Crippen LogP contribution in [-0.4, -0.2) is 11.3 Å². The normalized spacial score (nSPS) is 16.6. The van der Waals surface area contributed by atoms with Crippen LogP contribution in [0.3, 0.4) is 0 Å². The summed E-state index contributed by atoms with van der Waals surface area (Å²) in [6, 6.07) is 42.2. The first-order valence-corrected chi connectivity index (χ1v) is 28.5. The van der Waals surface area contributed by atoms with Crippen molar-refractivity contribution in [2.24, 2.45) is 0 Å². The van der Waals surface area contributed by atoms with Gasteiger partial charge in [-0.05, 0) is 149 Å². The molecule has 0 radical (unpaired) electrons. The van der Waals surface area contributed by atoms with Gasteiger partial charge in [0.15, 0.2) is 0 Å². The van der Waals surface area contributed by atoms with Crippen LogP contribution in [0.25, 0.3) is 72.0 Å². The molecule has 4 heteroatoms. The van der Waals surface area contributed by atoms with Crippen molar-refractivity contribution in [1.82, 2.24) is 4.57 Å². The third-order valence-electron chi connectivity index (χ3n) is 17.4. The Morgan fingerprint density at radius 1 is 0.424 bits per heavy atom. The third kappa shape index (κ3) is 7.74. The molecule has 0 atom stereocenters. The molecule has 0 fully saturated rings. The molecule has 3 nitrogen and oxygen atoms in total. The van der Waals surface area contributed by atoms with Gasteiger partial charge in [-0.15, -0.1) is 0 Å². The zero-order valence-electron chi connectivity index (χ0n) is 65.5. The number of hydrogen-bond acceptors (Lipinski definition) is 2. The summed E-state index contributed by atoms with van der Waals surface area (Å²) in [6.07, 6.45) is 0. The van der Waals surface area contributed by atoms with Gasteiger partial charge in [0.2, 0.25) is 0 Å². The maximum absolute atomic E-state index is 9.86. The first-order chi connectivity index (χ1) is 48.9. The highest BCUT2D eigenvalue weighted by Gasteiger charge is 2.49. The second-order valence-electron chi connectivity index (χ2n) is 24.2. The topological polar surface area (TPSA) is 17.4 Å². The number of para-hydroxylation sites is 2. The molecule has 406 valence electrons. The van der Waals surface area contributed by atoms with Crippen LogP contribution in [0.15, 0.2) is 273 Å². The highest BCUT2D eigenvalue weighted by atomic mass is 16.5. The summed E-state index contributed by atoms with van der Waals surface area (Å²) in [7, 11) is 0. The van der Waals surface area contributed by atoms with Crippen LogP contribution in [-0.2, 0) is 16.2 Å². The summed E-state index contributed by atoms with van der Waals surface area (Å²) in [5, 5.41) is -0.155. The van der Waals surface area contributed by atoms with Crippen LogP contribution in [0.5, 0.6) is 11.5 Å². The zero-order chi connectivity index (χ0) is 73.0. The molecule has 16 rings (SSSR count). The van der Waals surface area contributed by atoms with Crippen LogP contribution < -0.4 is 26.0 Å². The average molecular weight is 1110 g/mol. The van der Waals surface area contributed by atoms with E-state index < -0.39 is 126 Å². The van der Waals surface area contributed by atoms with Gasteiger partial charge >= 0.3 is 0 Å². The lowest BCUT2D eigenvalue weighted by Crippen LogP contribution is -2.59. The molecule has 0 unspecified atom stereocenters. The predicted octanol–water partition coefficient (Wildman–Crippen LogP) is 19.1. The van der Waals surface area contributed by atoms with Gasteiger partial charge in [0, 0.05) is 39.0 Å². The second kappa shape index (κ2) is 19.1. The maximum Gasteiger partial charge on any atom is 0.256 e. The second-order valence-corrected chi connectivity index (χ2v) is 24.2. The Kier molecular flexibility index (Phi) is 7.92. The van der Waals surface area contributed by atoms with Crippen molar-refractivity contribution in [3.05, 3.63) is 306 Å². The van der Waals surface area contributed by atoms with Crippen molar-refractivity contribution in [1.29, 1.82) is 0 Å². The largest absolute Gasteiger partial charge is 0.458 e. The van der Waals surface area contributed by atoms with E-state index in [4.69, 9.17) is 13.0 Å². The molecule has 0 amide bonds. The molecule has 13 aromatic rings. The lowest BCUT2D eigenvalue weighted by molar-refractivity contribution is 0.483. The Morgan fingerprint density at radius 2 is 0.976 bits per heavy atom. The highest BCUT2D eigenvalue weighted by molar-refractivity contribution is 6.99. The van der Waals surface area contributed by atoms with Gasteiger partial charge in [-0.1, -0.05) is 260 Å². The van der Waals surface area contributed by atoms with Crippen LogP contribution >= 0.6 is 0 Å². The van der Waals surface area contributed by atoms with Gasteiger partial charge in [-0.2, -0.15) is 0 Å². The number of ether oxygens (including phenoxy) is 1. The molecular weight excluding hydrogens is 1030 g/mol. The summed E-state index contributed by atoms with van der Waals surface area (Å²) in [4.78, 5) is 2.24. The van der Waals surface area contributed by atoms with E-state index in [9.17, 15) is 16.4 Å². The fourth-order valence-electron chi connectivity index (χ4n) is 13.5. The van der Waals surface area contributed by atoms with Gasteiger partial charge in [-0.25, -0.2) is 0 Å². The van der Waals surface area contributed by atoms with Crippen molar-refractivity contribution < 1.29 is 29.4 Å². The van der Waals surface area contributed by atoms with E-state index in [1.807, 2.05) is 91.0 Å². The number of fused-ring (bicyclic) bond motifs is 10. The zero-order valence-corrected chi connectivity index (χ0v) is 47.5. The highest BCUT2D eigenvalue weighted by Crippen LogP contribution is 2.59. The Morgan fingerprint density at radius 3 is 1.60 bits per heavy atom. The summed E-state index contributed by atoms with van der Waals surface area (Å²) < 4.78 is 177. The Hall–Kier alpha value is -9.90. The number of rotatable bonds is 7. The number of nitrogens with zero attached hydrogens (tertiary/aromatic N) is 2. The number of anilines is 3. The van der Waals surface area contributed by atoms with Crippen molar-refractivity contribution in [2.45, 2.75) is 57.8 Å². The monoisotopic (exact) mass is 1110 g/mol. The van der Waals surface area contributed by atoms with E-state index in [-0.39, 0.29) is 38.3 Å². The molecule has 2 aliphatic heterocycles. The maximum atomic E-state index is 9.86. The van der Waals surface area contributed by atoms with E-state index >= 15 is 0 Å². The van der Waals surface area contributed by atoms with Gasteiger partial charge in [-0.3, -0.25) is 0 Å². The molecule has 1 aromatic heterocycles. The van der Waals surface area contributed by atoms with Crippen molar-refractivity contribution in [3.8, 4) is 61.7 Å². The van der Waals surface area contributed by atoms with Gasteiger partial charge in [0.1, 0.15) is 11.5 Å². The first-order valence-electron chi connectivity index (χ1n) is 37.5. The smallest absolute Gasteiger partial charge is 0.256 e.